The first-order valence-corrected chi connectivity index (χ1v) is 7.59. The van der Waals surface area contributed by atoms with Crippen molar-refractivity contribution in [1.82, 2.24) is 10.6 Å². The van der Waals surface area contributed by atoms with Crippen LogP contribution in [-0.2, 0) is 9.59 Å². The normalized spacial score (nSPS) is 19.9. The maximum absolute atomic E-state index is 12.1. The minimum Gasteiger partial charge on any atom is -0.348 e. The second-order valence-electron chi connectivity index (χ2n) is 5.08. The number of hydrogen-bond donors (Lipinski definition) is 2. The highest BCUT2D eigenvalue weighted by Crippen LogP contribution is 2.30. The molecule has 1 fully saturated rings. The molecular formula is C15H16N2O2S. The quantitative estimate of drug-likeness (QED) is 0.911. The van der Waals surface area contributed by atoms with E-state index in [4.69, 9.17) is 0 Å². The molecule has 1 aromatic heterocycles. The smallest absolute Gasteiger partial charge is 0.243 e. The number of carbonyl (C=O) groups is 2. The molecular weight excluding hydrogens is 272 g/mol. The standard InChI is InChI=1S/C15H16N2O2S/c1-9(16-15(19)12-6-7-14(18)17-12)11-8-20-13-5-3-2-4-10(11)13/h2-5,8-9,12H,6-7H2,1H3,(H,16,19)(H,17,18)/t9-,12-/m1/s1. The first-order valence-electron chi connectivity index (χ1n) is 6.71. The largest absolute Gasteiger partial charge is 0.348 e. The van der Waals surface area contributed by atoms with Crippen LogP contribution in [0.2, 0.25) is 0 Å². The SMILES string of the molecule is C[C@@H](NC(=O)[C@H]1CCC(=O)N1)c1csc2ccccc12. The van der Waals surface area contributed by atoms with Crippen molar-refractivity contribution in [2.45, 2.75) is 31.8 Å². The van der Waals surface area contributed by atoms with Crippen LogP contribution in [0.3, 0.4) is 0 Å². The number of fused-ring (bicyclic) bond motifs is 1. The summed E-state index contributed by atoms with van der Waals surface area (Å²) in [7, 11) is 0. The number of hydrogen-bond acceptors (Lipinski definition) is 3. The van der Waals surface area contributed by atoms with Gasteiger partial charge in [-0.3, -0.25) is 9.59 Å². The predicted octanol–water partition coefficient (Wildman–Crippen LogP) is 2.36. The van der Waals surface area contributed by atoms with E-state index in [9.17, 15) is 9.59 Å². The Morgan fingerprint density at radius 3 is 3.00 bits per heavy atom. The Kier molecular flexibility index (Phi) is 3.44. The third kappa shape index (κ3) is 2.41. The fourth-order valence-electron chi connectivity index (χ4n) is 2.54. The summed E-state index contributed by atoms with van der Waals surface area (Å²) in [5.41, 5.74) is 1.13. The van der Waals surface area contributed by atoms with Crippen LogP contribution >= 0.6 is 11.3 Å². The minimum absolute atomic E-state index is 0.0428. The number of carbonyl (C=O) groups excluding carboxylic acids is 2. The molecule has 0 unspecified atom stereocenters. The molecule has 2 amide bonds. The lowest BCUT2D eigenvalue weighted by molar-refractivity contribution is -0.126. The van der Waals surface area contributed by atoms with Gasteiger partial charge in [-0.1, -0.05) is 18.2 Å². The Bertz CT molecular complexity index is 665. The van der Waals surface area contributed by atoms with E-state index in [2.05, 4.69) is 28.1 Å². The Balaban J connectivity index is 1.74. The number of thiophene rings is 1. The second-order valence-corrected chi connectivity index (χ2v) is 5.99. The molecule has 2 heterocycles. The molecule has 1 aromatic carbocycles. The van der Waals surface area contributed by atoms with Crippen LogP contribution in [-0.4, -0.2) is 17.9 Å². The molecule has 104 valence electrons. The highest BCUT2D eigenvalue weighted by Gasteiger charge is 2.28. The molecule has 4 nitrogen and oxygen atoms in total. The van der Waals surface area contributed by atoms with E-state index >= 15 is 0 Å². The van der Waals surface area contributed by atoms with E-state index in [1.54, 1.807) is 11.3 Å². The third-order valence-corrected chi connectivity index (χ3v) is 4.63. The monoisotopic (exact) mass is 288 g/mol. The molecule has 0 saturated carbocycles. The van der Waals surface area contributed by atoms with Crippen molar-refractivity contribution in [3.05, 3.63) is 35.2 Å². The molecule has 2 aromatic rings. The third-order valence-electron chi connectivity index (χ3n) is 3.65. The zero-order valence-corrected chi connectivity index (χ0v) is 12.0. The van der Waals surface area contributed by atoms with Crippen LogP contribution in [0.1, 0.15) is 31.4 Å². The first-order chi connectivity index (χ1) is 9.65. The molecule has 2 N–H and O–H groups in total. The summed E-state index contributed by atoms with van der Waals surface area (Å²) in [6.45, 7) is 1.98. The van der Waals surface area contributed by atoms with E-state index in [0.29, 0.717) is 12.8 Å². The Morgan fingerprint density at radius 2 is 2.25 bits per heavy atom. The van der Waals surface area contributed by atoms with Crippen molar-refractivity contribution < 1.29 is 9.59 Å². The summed E-state index contributed by atoms with van der Waals surface area (Å²) in [6, 6.07) is 7.73. The van der Waals surface area contributed by atoms with Crippen LogP contribution < -0.4 is 10.6 Å². The second kappa shape index (κ2) is 5.25. The van der Waals surface area contributed by atoms with Crippen LogP contribution in [0.15, 0.2) is 29.6 Å². The molecule has 3 rings (SSSR count). The van der Waals surface area contributed by atoms with Gasteiger partial charge < -0.3 is 10.6 Å². The van der Waals surface area contributed by atoms with Gasteiger partial charge in [0.05, 0.1) is 6.04 Å². The van der Waals surface area contributed by atoms with Crippen molar-refractivity contribution in [2.75, 3.05) is 0 Å². The van der Waals surface area contributed by atoms with Gasteiger partial charge >= 0.3 is 0 Å². The van der Waals surface area contributed by atoms with Gasteiger partial charge in [-0.25, -0.2) is 0 Å². The van der Waals surface area contributed by atoms with E-state index in [1.165, 1.54) is 10.1 Å². The van der Waals surface area contributed by atoms with Gasteiger partial charge in [0.2, 0.25) is 11.8 Å². The fraction of sp³-hybridized carbons (Fsp3) is 0.333. The van der Waals surface area contributed by atoms with Gasteiger partial charge in [0.1, 0.15) is 6.04 Å². The van der Waals surface area contributed by atoms with Gasteiger partial charge in [-0.2, -0.15) is 0 Å². The van der Waals surface area contributed by atoms with Gasteiger partial charge in [0.15, 0.2) is 0 Å². The molecule has 1 saturated heterocycles. The van der Waals surface area contributed by atoms with E-state index in [1.807, 2.05) is 19.1 Å². The summed E-state index contributed by atoms with van der Waals surface area (Å²) in [4.78, 5) is 23.3. The number of rotatable bonds is 3. The number of nitrogens with one attached hydrogen (secondary N) is 2. The van der Waals surface area contributed by atoms with Gasteiger partial charge in [0, 0.05) is 11.1 Å². The molecule has 20 heavy (non-hydrogen) atoms. The lowest BCUT2D eigenvalue weighted by Gasteiger charge is -2.17. The van der Waals surface area contributed by atoms with Crippen LogP contribution in [0.5, 0.6) is 0 Å². The van der Waals surface area contributed by atoms with Gasteiger partial charge in [-0.15, -0.1) is 11.3 Å². The molecule has 5 heteroatoms. The average Bonchev–Trinajstić information content (AvgIpc) is 3.04. The average molecular weight is 288 g/mol. The highest BCUT2D eigenvalue weighted by atomic mass is 32.1. The van der Waals surface area contributed by atoms with Gasteiger partial charge in [0.25, 0.3) is 0 Å². The van der Waals surface area contributed by atoms with E-state index < -0.39 is 0 Å². The maximum Gasteiger partial charge on any atom is 0.243 e. The van der Waals surface area contributed by atoms with Crippen molar-refractivity contribution in [1.29, 1.82) is 0 Å². The maximum atomic E-state index is 12.1. The summed E-state index contributed by atoms with van der Waals surface area (Å²) < 4.78 is 1.22. The van der Waals surface area contributed by atoms with Gasteiger partial charge in [-0.05, 0) is 35.7 Å². The van der Waals surface area contributed by atoms with Crippen LogP contribution in [0, 0.1) is 0 Å². The highest BCUT2D eigenvalue weighted by molar-refractivity contribution is 7.17. The topological polar surface area (TPSA) is 58.2 Å². The molecule has 0 spiro atoms. The summed E-state index contributed by atoms with van der Waals surface area (Å²) in [6.07, 6.45) is 1.02. The summed E-state index contributed by atoms with van der Waals surface area (Å²) in [5, 5.41) is 8.95. The fourth-order valence-corrected chi connectivity index (χ4v) is 3.59. The molecule has 0 bridgehead atoms. The molecule has 0 radical (unpaired) electrons. The lowest BCUT2D eigenvalue weighted by atomic mass is 10.1. The van der Waals surface area contributed by atoms with E-state index in [0.717, 1.165) is 5.56 Å². The number of amides is 2. The summed E-state index contributed by atoms with van der Waals surface area (Å²) in [5.74, 6) is -0.141. The molecule has 1 aliphatic heterocycles. The first kappa shape index (κ1) is 13.1. The Hall–Kier alpha value is -1.88. The van der Waals surface area contributed by atoms with Crippen molar-refractivity contribution in [3.8, 4) is 0 Å². The minimum atomic E-state index is -0.380. The molecule has 0 aliphatic carbocycles. The summed E-state index contributed by atoms with van der Waals surface area (Å²) >= 11 is 1.68. The zero-order chi connectivity index (χ0) is 14.1. The Labute approximate surface area is 121 Å². The zero-order valence-electron chi connectivity index (χ0n) is 11.2. The number of benzene rings is 1. The van der Waals surface area contributed by atoms with Crippen molar-refractivity contribution in [3.63, 3.8) is 0 Å². The van der Waals surface area contributed by atoms with Crippen molar-refractivity contribution >= 4 is 33.2 Å². The van der Waals surface area contributed by atoms with E-state index in [-0.39, 0.29) is 23.9 Å². The van der Waals surface area contributed by atoms with Crippen LogP contribution in [0.25, 0.3) is 10.1 Å². The predicted molar refractivity (Wildman–Crippen MR) is 79.5 cm³/mol. The Morgan fingerprint density at radius 1 is 1.45 bits per heavy atom. The van der Waals surface area contributed by atoms with Crippen molar-refractivity contribution in [2.24, 2.45) is 0 Å². The lowest BCUT2D eigenvalue weighted by Crippen LogP contribution is -2.42. The molecule has 2 atom stereocenters. The molecule has 1 aliphatic rings. The van der Waals surface area contributed by atoms with Crippen LogP contribution in [0.4, 0.5) is 0 Å².